The molecule has 2 atom stereocenters. The fraction of sp³-hybridized carbons (Fsp3) is 0.600. The van der Waals surface area contributed by atoms with Crippen LogP contribution in [0.2, 0.25) is 0 Å². The second-order valence-corrected chi connectivity index (χ2v) is 6.38. The average Bonchev–Trinajstić information content (AvgIpc) is 2.41. The Labute approximate surface area is 122 Å². The van der Waals surface area contributed by atoms with Crippen LogP contribution in [0.15, 0.2) is 22.8 Å². The van der Waals surface area contributed by atoms with E-state index in [1.807, 2.05) is 12.1 Å². The Hall–Kier alpha value is -0.740. The van der Waals surface area contributed by atoms with Gasteiger partial charge in [-0.2, -0.15) is 0 Å². The Balaban J connectivity index is 2.10. The van der Waals surface area contributed by atoms with Gasteiger partial charge in [0, 0.05) is 23.5 Å². The molecule has 1 saturated carbocycles. The van der Waals surface area contributed by atoms with Gasteiger partial charge < -0.3 is 4.74 Å². The predicted molar refractivity (Wildman–Crippen MR) is 78.0 cm³/mol. The van der Waals surface area contributed by atoms with Crippen molar-refractivity contribution in [3.63, 3.8) is 0 Å². The lowest BCUT2D eigenvalue weighted by molar-refractivity contribution is -0.146. The molecule has 0 saturated heterocycles. The van der Waals surface area contributed by atoms with E-state index < -0.39 is 5.60 Å². The second kappa shape index (κ2) is 6.14. The first-order valence-corrected chi connectivity index (χ1v) is 7.54. The van der Waals surface area contributed by atoms with Crippen LogP contribution in [0.1, 0.15) is 38.3 Å². The summed E-state index contributed by atoms with van der Waals surface area (Å²) in [6.07, 6.45) is 6.00. The molecule has 0 spiro atoms. The van der Waals surface area contributed by atoms with Crippen molar-refractivity contribution in [3.8, 4) is 0 Å². The summed E-state index contributed by atoms with van der Waals surface area (Å²) in [7, 11) is 1.66. The summed E-state index contributed by atoms with van der Waals surface area (Å²) in [5, 5.41) is 0. The molecular weight excluding hydrogens is 306 g/mol. The molecule has 104 valence electrons. The number of carbonyl (C=O) groups is 1. The van der Waals surface area contributed by atoms with E-state index in [1.165, 1.54) is 6.42 Å². The number of ketones is 1. The van der Waals surface area contributed by atoms with Crippen LogP contribution in [0, 0.1) is 5.92 Å². The molecule has 4 heteroatoms. The van der Waals surface area contributed by atoms with Crippen LogP contribution >= 0.6 is 15.9 Å². The number of methoxy groups -OCH3 is 1. The Morgan fingerprint density at radius 1 is 1.58 bits per heavy atom. The van der Waals surface area contributed by atoms with Gasteiger partial charge in [-0.3, -0.25) is 9.78 Å². The smallest absolute Gasteiger partial charge is 0.170 e. The highest BCUT2D eigenvalue weighted by Gasteiger charge is 2.41. The second-order valence-electron chi connectivity index (χ2n) is 5.47. The van der Waals surface area contributed by atoms with Crippen molar-refractivity contribution in [1.29, 1.82) is 0 Å². The summed E-state index contributed by atoms with van der Waals surface area (Å²) < 4.78 is 6.55. The Morgan fingerprint density at radius 2 is 2.37 bits per heavy atom. The van der Waals surface area contributed by atoms with E-state index in [2.05, 4.69) is 27.8 Å². The van der Waals surface area contributed by atoms with Crippen LogP contribution in [0.5, 0.6) is 0 Å². The average molecular weight is 326 g/mol. The molecule has 3 nitrogen and oxygen atoms in total. The van der Waals surface area contributed by atoms with E-state index in [1.54, 1.807) is 13.3 Å². The molecule has 2 rings (SSSR count). The molecule has 0 N–H and O–H groups in total. The van der Waals surface area contributed by atoms with Gasteiger partial charge in [0.25, 0.3) is 0 Å². The van der Waals surface area contributed by atoms with Crippen molar-refractivity contribution in [2.45, 2.75) is 44.6 Å². The lowest BCUT2D eigenvalue weighted by atomic mass is 9.75. The zero-order valence-corrected chi connectivity index (χ0v) is 13.1. The zero-order valence-electron chi connectivity index (χ0n) is 11.5. The van der Waals surface area contributed by atoms with Gasteiger partial charge in [-0.25, -0.2) is 0 Å². The van der Waals surface area contributed by atoms with E-state index in [0.717, 1.165) is 29.4 Å². The first-order valence-electron chi connectivity index (χ1n) is 6.74. The summed E-state index contributed by atoms with van der Waals surface area (Å²) >= 11 is 3.35. The van der Waals surface area contributed by atoms with Crippen molar-refractivity contribution < 1.29 is 9.53 Å². The fourth-order valence-electron chi connectivity index (χ4n) is 2.89. The van der Waals surface area contributed by atoms with Crippen molar-refractivity contribution in [3.05, 3.63) is 28.5 Å². The standard InChI is InChI=1S/C15H20BrNO2/c1-11-4-3-7-15(9-11,19-2)14(18)8-13-6-5-12(16)10-17-13/h5-6,10-11H,3-4,7-9H2,1-2H3. The molecule has 0 amide bonds. The Kier molecular flexibility index (Phi) is 4.74. The van der Waals surface area contributed by atoms with Crippen LogP contribution in [0.3, 0.4) is 0 Å². The normalized spacial score (nSPS) is 27.2. The number of rotatable bonds is 4. The van der Waals surface area contributed by atoms with E-state index in [-0.39, 0.29) is 5.78 Å². The molecule has 0 bridgehead atoms. The minimum absolute atomic E-state index is 0.163. The van der Waals surface area contributed by atoms with Crippen molar-refractivity contribution >= 4 is 21.7 Å². The number of hydrogen-bond acceptors (Lipinski definition) is 3. The van der Waals surface area contributed by atoms with Gasteiger partial charge >= 0.3 is 0 Å². The summed E-state index contributed by atoms with van der Waals surface area (Å²) in [5.41, 5.74) is 0.217. The molecule has 1 aromatic heterocycles. The van der Waals surface area contributed by atoms with Crippen LogP contribution in [0.4, 0.5) is 0 Å². The van der Waals surface area contributed by atoms with Crippen LogP contribution in [0.25, 0.3) is 0 Å². The van der Waals surface area contributed by atoms with E-state index >= 15 is 0 Å². The Bertz CT molecular complexity index is 446. The van der Waals surface area contributed by atoms with Gasteiger partial charge in [-0.15, -0.1) is 0 Å². The minimum atomic E-state index is -0.591. The quantitative estimate of drug-likeness (QED) is 0.849. The number of pyridine rings is 1. The summed E-state index contributed by atoms with van der Waals surface area (Å²) in [6, 6.07) is 3.80. The summed E-state index contributed by atoms with van der Waals surface area (Å²) in [5.74, 6) is 0.715. The molecule has 0 aromatic carbocycles. The van der Waals surface area contributed by atoms with Gasteiger partial charge in [0.15, 0.2) is 5.78 Å². The van der Waals surface area contributed by atoms with Gasteiger partial charge in [0.05, 0.1) is 6.42 Å². The van der Waals surface area contributed by atoms with Crippen molar-refractivity contribution in [2.75, 3.05) is 7.11 Å². The highest BCUT2D eigenvalue weighted by Crippen LogP contribution is 2.36. The molecule has 2 unspecified atom stereocenters. The van der Waals surface area contributed by atoms with Crippen LogP contribution in [-0.4, -0.2) is 23.5 Å². The fourth-order valence-corrected chi connectivity index (χ4v) is 3.13. The van der Waals surface area contributed by atoms with Crippen molar-refractivity contribution in [1.82, 2.24) is 4.98 Å². The van der Waals surface area contributed by atoms with E-state index in [0.29, 0.717) is 12.3 Å². The number of ether oxygens (including phenoxy) is 1. The highest BCUT2D eigenvalue weighted by molar-refractivity contribution is 9.10. The summed E-state index contributed by atoms with van der Waals surface area (Å²) in [4.78, 5) is 16.8. The highest BCUT2D eigenvalue weighted by atomic mass is 79.9. The number of Topliss-reactive ketones (excluding diaryl/α,β-unsaturated/α-hetero) is 1. The van der Waals surface area contributed by atoms with Gasteiger partial charge in [0.2, 0.25) is 0 Å². The summed E-state index contributed by atoms with van der Waals surface area (Å²) in [6.45, 7) is 2.19. The lowest BCUT2D eigenvalue weighted by Crippen LogP contribution is -2.45. The molecule has 1 aliphatic carbocycles. The third-order valence-corrected chi connectivity index (χ3v) is 4.45. The maximum absolute atomic E-state index is 12.6. The first-order chi connectivity index (χ1) is 9.05. The van der Waals surface area contributed by atoms with E-state index in [9.17, 15) is 4.79 Å². The molecule has 1 aromatic rings. The lowest BCUT2D eigenvalue weighted by Gasteiger charge is -2.37. The first kappa shape index (κ1) is 14.7. The molecule has 1 aliphatic rings. The number of halogens is 1. The minimum Gasteiger partial charge on any atom is -0.370 e. The van der Waals surface area contributed by atoms with E-state index in [4.69, 9.17) is 4.74 Å². The zero-order chi connectivity index (χ0) is 13.9. The maximum Gasteiger partial charge on any atom is 0.170 e. The molecule has 19 heavy (non-hydrogen) atoms. The topological polar surface area (TPSA) is 39.2 Å². The van der Waals surface area contributed by atoms with Crippen molar-refractivity contribution in [2.24, 2.45) is 5.92 Å². The third kappa shape index (κ3) is 3.42. The largest absolute Gasteiger partial charge is 0.370 e. The number of nitrogens with zero attached hydrogens (tertiary/aromatic N) is 1. The number of hydrogen-bond donors (Lipinski definition) is 0. The molecule has 0 radical (unpaired) electrons. The third-order valence-electron chi connectivity index (χ3n) is 3.98. The SMILES string of the molecule is COC1(C(=O)Cc2ccc(Br)cn2)CCCC(C)C1. The van der Waals surface area contributed by atoms with Gasteiger partial charge in [-0.05, 0) is 53.2 Å². The van der Waals surface area contributed by atoms with Gasteiger partial charge in [0.1, 0.15) is 5.60 Å². The van der Waals surface area contributed by atoms with Gasteiger partial charge in [-0.1, -0.05) is 13.3 Å². The predicted octanol–water partition coefficient (Wildman–Crippen LogP) is 3.55. The number of aromatic nitrogens is 1. The monoisotopic (exact) mass is 325 g/mol. The molecule has 1 fully saturated rings. The van der Waals surface area contributed by atoms with Crippen LogP contribution < -0.4 is 0 Å². The van der Waals surface area contributed by atoms with Crippen LogP contribution in [-0.2, 0) is 16.0 Å². The molecule has 0 aliphatic heterocycles. The molecular formula is C15H20BrNO2. The number of carbonyl (C=O) groups excluding carboxylic acids is 1. The Morgan fingerprint density at radius 3 is 2.95 bits per heavy atom. The maximum atomic E-state index is 12.6. The molecule has 1 heterocycles.